The SMILES string of the molecule is CN1CCCN(c2ccccc2)CC1.CN1CCCNCC1.Ic1ccccc1. The lowest BCUT2D eigenvalue weighted by Crippen LogP contribution is -2.28. The summed E-state index contributed by atoms with van der Waals surface area (Å²) in [4.78, 5) is 7.24. The lowest BCUT2D eigenvalue weighted by Gasteiger charge is -2.22. The second kappa shape index (κ2) is 14.8. The lowest BCUT2D eigenvalue weighted by atomic mass is 10.3. The van der Waals surface area contributed by atoms with Crippen molar-refractivity contribution in [3.63, 3.8) is 0 Å². The molecule has 2 aromatic carbocycles. The van der Waals surface area contributed by atoms with Crippen LogP contribution in [-0.2, 0) is 0 Å². The van der Waals surface area contributed by atoms with Gasteiger partial charge in [0.05, 0.1) is 0 Å². The monoisotopic (exact) mass is 508 g/mol. The third-order valence-corrected chi connectivity index (χ3v) is 5.86. The summed E-state index contributed by atoms with van der Waals surface area (Å²) in [5, 5.41) is 3.34. The van der Waals surface area contributed by atoms with Crippen LogP contribution in [0.3, 0.4) is 0 Å². The van der Waals surface area contributed by atoms with Gasteiger partial charge in [-0.3, -0.25) is 0 Å². The minimum Gasteiger partial charge on any atom is -0.370 e. The summed E-state index contributed by atoms with van der Waals surface area (Å²) in [6, 6.07) is 20.9. The van der Waals surface area contributed by atoms with Gasteiger partial charge in [0.25, 0.3) is 0 Å². The van der Waals surface area contributed by atoms with Gasteiger partial charge in [-0.15, -0.1) is 0 Å². The zero-order chi connectivity index (χ0) is 20.7. The van der Waals surface area contributed by atoms with Gasteiger partial charge < -0.3 is 20.0 Å². The average Bonchev–Trinajstić information content (AvgIpc) is 3.12. The molecule has 2 aliphatic heterocycles. The van der Waals surface area contributed by atoms with Gasteiger partial charge in [0.1, 0.15) is 0 Å². The van der Waals surface area contributed by atoms with Crippen LogP contribution in [0.4, 0.5) is 5.69 Å². The van der Waals surface area contributed by atoms with Gasteiger partial charge in [0.15, 0.2) is 0 Å². The fourth-order valence-electron chi connectivity index (χ4n) is 3.34. The quantitative estimate of drug-likeness (QED) is 0.588. The Balaban J connectivity index is 0.000000170. The van der Waals surface area contributed by atoms with Crippen molar-refractivity contribution in [1.82, 2.24) is 15.1 Å². The molecule has 29 heavy (non-hydrogen) atoms. The summed E-state index contributed by atoms with van der Waals surface area (Å²) < 4.78 is 1.29. The molecule has 0 amide bonds. The van der Waals surface area contributed by atoms with Crippen LogP contribution in [0.15, 0.2) is 60.7 Å². The third-order valence-electron chi connectivity index (χ3n) is 5.14. The van der Waals surface area contributed by atoms with Crippen LogP contribution in [0.2, 0.25) is 0 Å². The second-order valence-electron chi connectivity index (χ2n) is 7.68. The van der Waals surface area contributed by atoms with Gasteiger partial charge in [-0.2, -0.15) is 0 Å². The van der Waals surface area contributed by atoms with Crippen LogP contribution < -0.4 is 10.2 Å². The Labute approximate surface area is 191 Å². The Bertz CT molecular complexity index is 630. The Kier molecular flexibility index (Phi) is 12.3. The summed E-state index contributed by atoms with van der Waals surface area (Å²) in [5.74, 6) is 0. The van der Waals surface area contributed by atoms with Crippen LogP contribution >= 0.6 is 22.6 Å². The molecule has 4 nitrogen and oxygen atoms in total. The fraction of sp³-hybridized carbons (Fsp3) is 0.500. The van der Waals surface area contributed by atoms with E-state index in [2.05, 4.69) is 99.2 Å². The first kappa shape index (κ1) is 24.1. The van der Waals surface area contributed by atoms with Crippen molar-refractivity contribution < 1.29 is 0 Å². The molecule has 2 saturated heterocycles. The molecular formula is C24H37IN4. The van der Waals surface area contributed by atoms with Gasteiger partial charge in [-0.05, 0) is 93.4 Å². The minimum atomic E-state index is 1.15. The summed E-state index contributed by atoms with van der Waals surface area (Å²) in [5.41, 5.74) is 1.36. The van der Waals surface area contributed by atoms with Crippen LogP contribution in [0, 0.1) is 3.57 Å². The molecule has 0 spiro atoms. The second-order valence-corrected chi connectivity index (χ2v) is 8.93. The smallest absolute Gasteiger partial charge is 0.0366 e. The van der Waals surface area contributed by atoms with E-state index >= 15 is 0 Å². The zero-order valence-electron chi connectivity index (χ0n) is 18.1. The van der Waals surface area contributed by atoms with Gasteiger partial charge in [-0.25, -0.2) is 0 Å². The molecule has 2 fully saturated rings. The molecule has 5 heteroatoms. The molecule has 160 valence electrons. The summed E-state index contributed by atoms with van der Waals surface area (Å²) in [7, 11) is 4.38. The summed E-state index contributed by atoms with van der Waals surface area (Å²) in [6.45, 7) is 9.57. The van der Waals surface area contributed by atoms with Crippen molar-refractivity contribution >= 4 is 28.3 Å². The normalized spacial score (nSPS) is 18.4. The molecule has 0 aromatic heterocycles. The molecule has 0 aliphatic carbocycles. The molecule has 2 heterocycles. The first-order valence-electron chi connectivity index (χ1n) is 10.7. The third kappa shape index (κ3) is 11.0. The first-order valence-corrected chi connectivity index (χ1v) is 11.8. The van der Waals surface area contributed by atoms with E-state index in [1.54, 1.807) is 0 Å². The number of hydrogen-bond acceptors (Lipinski definition) is 4. The highest BCUT2D eigenvalue weighted by Gasteiger charge is 2.11. The minimum absolute atomic E-state index is 1.15. The summed E-state index contributed by atoms with van der Waals surface area (Å²) in [6.07, 6.45) is 2.57. The fourth-order valence-corrected chi connectivity index (χ4v) is 3.75. The molecule has 2 aliphatic rings. The van der Waals surface area contributed by atoms with Crippen LogP contribution in [0.5, 0.6) is 0 Å². The molecule has 0 radical (unpaired) electrons. The maximum absolute atomic E-state index is 3.34. The Morgan fingerprint density at radius 3 is 1.93 bits per heavy atom. The molecule has 0 bridgehead atoms. The molecule has 0 unspecified atom stereocenters. The molecule has 4 rings (SSSR count). The van der Waals surface area contributed by atoms with E-state index in [1.165, 1.54) is 61.4 Å². The Morgan fingerprint density at radius 1 is 0.655 bits per heavy atom. The molecular weight excluding hydrogens is 471 g/mol. The van der Waals surface area contributed by atoms with Crippen molar-refractivity contribution in [1.29, 1.82) is 0 Å². The number of nitrogens with one attached hydrogen (secondary N) is 1. The number of hydrogen-bond donors (Lipinski definition) is 1. The van der Waals surface area contributed by atoms with Crippen LogP contribution in [0.25, 0.3) is 0 Å². The van der Waals surface area contributed by atoms with Crippen molar-refractivity contribution in [3.8, 4) is 0 Å². The van der Waals surface area contributed by atoms with E-state index in [4.69, 9.17) is 0 Å². The van der Waals surface area contributed by atoms with E-state index in [9.17, 15) is 0 Å². The zero-order valence-corrected chi connectivity index (χ0v) is 20.2. The number of rotatable bonds is 1. The number of halogens is 1. The van der Waals surface area contributed by atoms with E-state index in [-0.39, 0.29) is 0 Å². The number of benzene rings is 2. The van der Waals surface area contributed by atoms with Gasteiger partial charge >= 0.3 is 0 Å². The highest BCUT2D eigenvalue weighted by molar-refractivity contribution is 14.1. The van der Waals surface area contributed by atoms with E-state index < -0.39 is 0 Å². The number of likely N-dealkylation sites (N-methyl/N-ethyl adjacent to an activating group) is 2. The predicted molar refractivity (Wildman–Crippen MR) is 135 cm³/mol. The highest BCUT2D eigenvalue weighted by atomic mass is 127. The van der Waals surface area contributed by atoms with E-state index in [0.29, 0.717) is 0 Å². The average molecular weight is 508 g/mol. The van der Waals surface area contributed by atoms with Gasteiger partial charge in [0, 0.05) is 42.0 Å². The standard InChI is InChI=1S/C12H18N2.C6H5I.C6H14N2/c1-13-8-5-9-14(11-10-13)12-6-3-2-4-7-12;7-6-4-2-1-3-5-6;1-8-5-2-3-7-4-6-8/h2-4,6-7H,5,8-11H2,1H3;1-5H;7H,2-6H2,1H3. The Hall–Kier alpha value is -1.15. The van der Waals surface area contributed by atoms with Gasteiger partial charge in [0.2, 0.25) is 0 Å². The molecule has 0 atom stereocenters. The van der Waals surface area contributed by atoms with Crippen molar-refractivity contribution in [2.24, 2.45) is 0 Å². The highest BCUT2D eigenvalue weighted by Crippen LogP contribution is 2.14. The molecule has 2 aromatic rings. The Morgan fingerprint density at radius 2 is 1.28 bits per heavy atom. The maximum atomic E-state index is 3.34. The number of anilines is 1. The largest absolute Gasteiger partial charge is 0.370 e. The number of nitrogens with zero attached hydrogens (tertiary/aromatic N) is 3. The van der Waals surface area contributed by atoms with Crippen molar-refractivity contribution in [2.75, 3.05) is 71.4 Å². The molecule has 0 saturated carbocycles. The van der Waals surface area contributed by atoms with Crippen LogP contribution in [0.1, 0.15) is 12.8 Å². The van der Waals surface area contributed by atoms with Gasteiger partial charge in [-0.1, -0.05) is 36.4 Å². The summed E-state index contributed by atoms with van der Waals surface area (Å²) >= 11 is 2.28. The molecule has 1 N–H and O–H groups in total. The van der Waals surface area contributed by atoms with E-state index in [0.717, 1.165) is 13.1 Å². The topological polar surface area (TPSA) is 21.8 Å². The number of para-hydroxylation sites is 1. The first-order chi connectivity index (χ1) is 14.1. The predicted octanol–water partition coefficient (Wildman–Crippen LogP) is 4.03. The van der Waals surface area contributed by atoms with Crippen LogP contribution in [-0.4, -0.2) is 76.3 Å². The lowest BCUT2D eigenvalue weighted by molar-refractivity contribution is 0.358. The maximum Gasteiger partial charge on any atom is 0.0366 e. The van der Waals surface area contributed by atoms with Crippen molar-refractivity contribution in [3.05, 3.63) is 64.2 Å². The van der Waals surface area contributed by atoms with Crippen molar-refractivity contribution in [2.45, 2.75) is 12.8 Å². The van der Waals surface area contributed by atoms with E-state index in [1.807, 2.05) is 18.2 Å².